The van der Waals surface area contributed by atoms with Gasteiger partial charge in [0.05, 0.1) is 11.6 Å². The summed E-state index contributed by atoms with van der Waals surface area (Å²) in [5.74, 6) is -1.13. The summed E-state index contributed by atoms with van der Waals surface area (Å²) >= 11 is 1.25. The van der Waals surface area contributed by atoms with Crippen molar-refractivity contribution in [3.8, 4) is 5.75 Å². The zero-order chi connectivity index (χ0) is 24.4. The molecule has 1 N–H and O–H groups in total. The van der Waals surface area contributed by atoms with Gasteiger partial charge in [-0.25, -0.2) is 4.98 Å². The Morgan fingerprint density at radius 1 is 1.06 bits per heavy atom. The van der Waals surface area contributed by atoms with Crippen LogP contribution in [0.4, 0.5) is 5.13 Å². The molecule has 2 aromatic carbocycles. The normalized spacial score (nSPS) is 17.1. The summed E-state index contributed by atoms with van der Waals surface area (Å²) in [7, 11) is 0. The number of aliphatic hydroxyl groups is 1. The van der Waals surface area contributed by atoms with Crippen LogP contribution in [0.25, 0.3) is 5.76 Å². The number of anilines is 1. The van der Waals surface area contributed by atoms with E-state index in [0.717, 1.165) is 11.1 Å². The number of thiazole rings is 1. The van der Waals surface area contributed by atoms with Gasteiger partial charge in [-0.1, -0.05) is 29.8 Å². The molecule has 35 heavy (non-hydrogen) atoms. The fourth-order valence-electron chi connectivity index (χ4n) is 4.06. The van der Waals surface area contributed by atoms with Gasteiger partial charge in [-0.3, -0.25) is 19.5 Å². The lowest BCUT2D eigenvalue weighted by Crippen LogP contribution is -2.29. The first-order chi connectivity index (χ1) is 17.0. The van der Waals surface area contributed by atoms with Gasteiger partial charge < -0.3 is 9.84 Å². The minimum absolute atomic E-state index is 0.00447. The highest BCUT2D eigenvalue weighted by Gasteiger charge is 2.47. The number of carbonyl (C=O) groups is 2. The van der Waals surface area contributed by atoms with Crippen molar-refractivity contribution in [2.24, 2.45) is 0 Å². The molecule has 0 radical (unpaired) electrons. The number of ketones is 1. The Morgan fingerprint density at radius 2 is 1.83 bits per heavy atom. The van der Waals surface area contributed by atoms with E-state index in [1.54, 1.807) is 60.4 Å². The topological polar surface area (TPSA) is 92.6 Å². The molecule has 0 unspecified atom stereocenters. The molecule has 0 bridgehead atoms. The van der Waals surface area contributed by atoms with Gasteiger partial charge in [0.15, 0.2) is 5.13 Å². The third-order valence-corrected chi connectivity index (χ3v) is 6.48. The van der Waals surface area contributed by atoms with E-state index in [1.807, 2.05) is 25.1 Å². The highest BCUT2D eigenvalue weighted by Crippen LogP contribution is 2.42. The predicted molar refractivity (Wildman–Crippen MR) is 133 cm³/mol. The molecule has 174 valence electrons. The number of hydrogen-bond acceptors (Lipinski definition) is 7. The van der Waals surface area contributed by atoms with E-state index < -0.39 is 17.7 Å². The number of rotatable bonds is 6. The van der Waals surface area contributed by atoms with E-state index in [1.165, 1.54) is 16.2 Å². The van der Waals surface area contributed by atoms with Gasteiger partial charge in [0, 0.05) is 29.5 Å². The number of Topliss-reactive ketones (excluding diaryl/α,β-unsaturated/α-hetero) is 1. The van der Waals surface area contributed by atoms with E-state index in [2.05, 4.69) is 16.0 Å². The Hall–Kier alpha value is -4.30. The van der Waals surface area contributed by atoms with Gasteiger partial charge in [-0.05, 0) is 54.4 Å². The molecule has 1 aliphatic heterocycles. The Bertz CT molecular complexity index is 1400. The van der Waals surface area contributed by atoms with Gasteiger partial charge in [-0.15, -0.1) is 11.3 Å². The van der Waals surface area contributed by atoms with Gasteiger partial charge >= 0.3 is 5.91 Å². The van der Waals surface area contributed by atoms with Crippen molar-refractivity contribution in [1.82, 2.24) is 9.97 Å². The summed E-state index contributed by atoms with van der Waals surface area (Å²) in [6.07, 6.45) is 4.73. The molecule has 8 heteroatoms. The minimum Gasteiger partial charge on any atom is -0.507 e. The third-order valence-electron chi connectivity index (χ3n) is 5.71. The number of hydrogen-bond donors (Lipinski definition) is 1. The first-order valence-corrected chi connectivity index (χ1v) is 11.8. The smallest absolute Gasteiger partial charge is 0.301 e. The van der Waals surface area contributed by atoms with Gasteiger partial charge in [0.25, 0.3) is 5.78 Å². The molecule has 2 aromatic heterocycles. The number of benzene rings is 2. The molecule has 7 nitrogen and oxygen atoms in total. The number of pyridine rings is 1. The van der Waals surface area contributed by atoms with Crippen molar-refractivity contribution >= 4 is 33.9 Å². The van der Waals surface area contributed by atoms with E-state index in [9.17, 15) is 14.7 Å². The van der Waals surface area contributed by atoms with E-state index in [-0.39, 0.29) is 11.3 Å². The molecular formula is C27H21N3O4S. The van der Waals surface area contributed by atoms with Crippen molar-refractivity contribution in [2.45, 2.75) is 19.6 Å². The second kappa shape index (κ2) is 9.52. The molecule has 1 aliphatic rings. The van der Waals surface area contributed by atoms with E-state index in [0.29, 0.717) is 28.6 Å². The average Bonchev–Trinajstić information content (AvgIpc) is 3.50. The quantitative estimate of drug-likeness (QED) is 0.234. The second-order valence-corrected chi connectivity index (χ2v) is 8.94. The van der Waals surface area contributed by atoms with Crippen LogP contribution in [0.2, 0.25) is 0 Å². The summed E-state index contributed by atoms with van der Waals surface area (Å²) in [4.78, 5) is 35.7. The van der Waals surface area contributed by atoms with Gasteiger partial charge in [-0.2, -0.15) is 0 Å². The maximum Gasteiger partial charge on any atom is 0.301 e. The van der Waals surface area contributed by atoms with Crippen LogP contribution in [-0.2, 0) is 16.2 Å². The van der Waals surface area contributed by atoms with Crippen molar-refractivity contribution in [3.05, 3.63) is 112 Å². The fraction of sp³-hybridized carbons (Fsp3) is 0.111. The maximum absolute atomic E-state index is 13.1. The minimum atomic E-state index is -0.818. The van der Waals surface area contributed by atoms with Crippen LogP contribution < -0.4 is 9.64 Å². The molecule has 1 fully saturated rings. The van der Waals surface area contributed by atoms with Crippen LogP contribution in [-0.4, -0.2) is 26.8 Å². The van der Waals surface area contributed by atoms with E-state index in [4.69, 9.17) is 4.74 Å². The summed E-state index contributed by atoms with van der Waals surface area (Å²) in [5.41, 5.74) is 3.27. The van der Waals surface area contributed by atoms with Crippen LogP contribution in [0.5, 0.6) is 5.75 Å². The number of aliphatic hydroxyl groups excluding tert-OH is 1. The summed E-state index contributed by atoms with van der Waals surface area (Å²) in [5, 5.41) is 13.3. The van der Waals surface area contributed by atoms with Crippen LogP contribution in [0.1, 0.15) is 28.3 Å². The molecule has 1 atom stereocenters. The molecule has 4 aromatic rings. The summed E-state index contributed by atoms with van der Waals surface area (Å²) in [6.45, 7) is 2.44. The Kier molecular flexibility index (Phi) is 6.12. The Labute approximate surface area is 206 Å². The van der Waals surface area contributed by atoms with Crippen LogP contribution in [0.3, 0.4) is 0 Å². The molecule has 1 saturated heterocycles. The first-order valence-electron chi connectivity index (χ1n) is 10.9. The number of aryl methyl sites for hydroxylation is 1. The lowest BCUT2D eigenvalue weighted by atomic mass is 9.96. The number of nitrogens with zero attached hydrogens (tertiary/aromatic N) is 3. The number of carbonyl (C=O) groups excluding carboxylic acids is 2. The van der Waals surface area contributed by atoms with Crippen molar-refractivity contribution in [1.29, 1.82) is 0 Å². The van der Waals surface area contributed by atoms with Crippen molar-refractivity contribution < 1.29 is 19.4 Å². The standard InChI is InChI=1S/C27H21N3O4S/c1-17-3-2-4-18(15-17)16-34-21-7-5-20(6-8-21)24(31)22-23(19-9-11-28-12-10-19)30(26(33)25(22)32)27-29-13-14-35-27/h2-15,23,31H,16H2,1H3/b24-22+/t23-/m1/s1. The zero-order valence-electron chi connectivity index (χ0n) is 18.8. The highest BCUT2D eigenvalue weighted by molar-refractivity contribution is 7.14. The third kappa shape index (κ3) is 4.43. The first kappa shape index (κ1) is 22.5. The Morgan fingerprint density at radius 3 is 2.51 bits per heavy atom. The molecule has 5 rings (SSSR count). The van der Waals surface area contributed by atoms with Crippen molar-refractivity contribution in [2.75, 3.05) is 4.90 Å². The second-order valence-electron chi connectivity index (χ2n) is 8.07. The zero-order valence-corrected chi connectivity index (χ0v) is 19.6. The van der Waals surface area contributed by atoms with Crippen LogP contribution in [0, 0.1) is 6.92 Å². The number of aromatic nitrogens is 2. The van der Waals surface area contributed by atoms with Gasteiger partial charge in [0.2, 0.25) is 0 Å². The summed E-state index contributed by atoms with van der Waals surface area (Å²) < 4.78 is 5.86. The largest absolute Gasteiger partial charge is 0.507 e. The monoisotopic (exact) mass is 483 g/mol. The Balaban J connectivity index is 1.47. The van der Waals surface area contributed by atoms with Crippen LogP contribution in [0.15, 0.2) is 90.2 Å². The lowest BCUT2D eigenvalue weighted by molar-refractivity contribution is -0.132. The SMILES string of the molecule is Cc1cccc(COc2ccc(/C(O)=C3\C(=O)C(=O)N(c4nccs4)[C@@H]3c3ccncc3)cc2)c1. The number of ether oxygens (including phenoxy) is 1. The molecular weight excluding hydrogens is 462 g/mol. The molecule has 0 saturated carbocycles. The number of amides is 1. The van der Waals surface area contributed by atoms with Gasteiger partial charge in [0.1, 0.15) is 18.1 Å². The maximum atomic E-state index is 13.1. The molecule has 1 amide bonds. The van der Waals surface area contributed by atoms with Crippen LogP contribution >= 0.6 is 11.3 Å². The lowest BCUT2D eigenvalue weighted by Gasteiger charge is -2.22. The van der Waals surface area contributed by atoms with Crippen molar-refractivity contribution in [3.63, 3.8) is 0 Å². The molecule has 3 heterocycles. The highest BCUT2D eigenvalue weighted by atomic mass is 32.1. The molecule has 0 aliphatic carbocycles. The summed E-state index contributed by atoms with van der Waals surface area (Å²) in [6, 6.07) is 17.5. The predicted octanol–water partition coefficient (Wildman–Crippen LogP) is 5.05. The van der Waals surface area contributed by atoms with E-state index >= 15 is 0 Å². The average molecular weight is 484 g/mol. The molecule has 0 spiro atoms. The fourth-order valence-corrected chi connectivity index (χ4v) is 4.73.